The third-order valence-corrected chi connectivity index (χ3v) is 5.25. The number of likely N-dealkylation sites (N-methyl/N-ethyl adjacent to an activating group) is 1. The fourth-order valence-electron chi connectivity index (χ4n) is 3.71. The molecular formula is C19H21ClN4. The number of nitrogens with zero attached hydrogens (tertiary/aromatic N) is 4. The monoisotopic (exact) mass is 340 g/mol. The summed E-state index contributed by atoms with van der Waals surface area (Å²) < 4.78 is 2.48. The molecule has 0 unspecified atom stereocenters. The van der Waals surface area contributed by atoms with Crippen LogP contribution in [0.5, 0.6) is 0 Å². The van der Waals surface area contributed by atoms with Gasteiger partial charge in [-0.3, -0.25) is 0 Å². The summed E-state index contributed by atoms with van der Waals surface area (Å²) in [5, 5.41) is 2.10. The zero-order valence-corrected chi connectivity index (χ0v) is 14.8. The maximum absolute atomic E-state index is 6.27. The summed E-state index contributed by atoms with van der Waals surface area (Å²) in [5.41, 5.74) is 5.34. The van der Waals surface area contributed by atoms with Crippen molar-refractivity contribution < 1.29 is 0 Å². The Morgan fingerprint density at radius 1 is 1.25 bits per heavy atom. The summed E-state index contributed by atoms with van der Waals surface area (Å²) >= 11 is 6.27. The second-order valence-electron chi connectivity index (χ2n) is 6.76. The molecule has 0 amide bonds. The van der Waals surface area contributed by atoms with Crippen LogP contribution in [0.3, 0.4) is 0 Å². The van der Waals surface area contributed by atoms with Gasteiger partial charge in [0.25, 0.3) is 0 Å². The van der Waals surface area contributed by atoms with E-state index in [1.807, 2.05) is 18.5 Å². The van der Waals surface area contributed by atoms with Crippen molar-refractivity contribution in [1.82, 2.24) is 19.4 Å². The summed E-state index contributed by atoms with van der Waals surface area (Å²) in [5.74, 6) is 0.362. The van der Waals surface area contributed by atoms with Crippen molar-refractivity contribution in [1.29, 1.82) is 0 Å². The van der Waals surface area contributed by atoms with E-state index in [1.165, 1.54) is 27.7 Å². The van der Waals surface area contributed by atoms with Crippen molar-refractivity contribution in [3.8, 4) is 0 Å². The van der Waals surface area contributed by atoms with Gasteiger partial charge in [0, 0.05) is 66.0 Å². The van der Waals surface area contributed by atoms with Crippen LogP contribution in [0.2, 0.25) is 5.02 Å². The lowest BCUT2D eigenvalue weighted by atomic mass is 10.0. The molecule has 0 saturated heterocycles. The molecule has 3 aromatic rings. The molecule has 24 heavy (non-hydrogen) atoms. The van der Waals surface area contributed by atoms with Gasteiger partial charge in [0.1, 0.15) is 6.33 Å². The first-order valence-corrected chi connectivity index (χ1v) is 8.74. The molecule has 0 spiro atoms. The lowest BCUT2D eigenvalue weighted by molar-refractivity contribution is 0.308. The van der Waals surface area contributed by atoms with Gasteiger partial charge < -0.3 is 9.47 Å². The minimum atomic E-state index is 0.362. The normalized spacial score (nSPS) is 16.3. The minimum absolute atomic E-state index is 0.362. The Morgan fingerprint density at radius 3 is 2.83 bits per heavy atom. The molecule has 5 heteroatoms. The van der Waals surface area contributed by atoms with Crippen LogP contribution >= 0.6 is 11.6 Å². The van der Waals surface area contributed by atoms with Gasteiger partial charge >= 0.3 is 0 Å². The van der Waals surface area contributed by atoms with Gasteiger partial charge in [0.15, 0.2) is 0 Å². The predicted molar refractivity (Wildman–Crippen MR) is 97.4 cm³/mol. The smallest absolute Gasteiger partial charge is 0.115 e. The summed E-state index contributed by atoms with van der Waals surface area (Å²) in [6, 6.07) is 6.26. The lowest BCUT2D eigenvalue weighted by Gasteiger charge is -2.25. The largest absolute Gasteiger partial charge is 0.344 e. The summed E-state index contributed by atoms with van der Waals surface area (Å²) in [6.45, 7) is 5.26. The number of rotatable bonds is 3. The summed E-state index contributed by atoms with van der Waals surface area (Å²) in [6.07, 6.45) is 6.50. The van der Waals surface area contributed by atoms with Crippen LogP contribution in [0.1, 0.15) is 29.7 Å². The Labute approximate surface area is 147 Å². The Kier molecular flexibility index (Phi) is 4.02. The molecule has 1 atom stereocenters. The van der Waals surface area contributed by atoms with Crippen LogP contribution in [0.15, 0.2) is 36.9 Å². The standard InChI is InChI=1S/C19H21ClN4/c1-13(14-8-21-12-22-9-14)10-24-18-4-3-15(20)7-16(18)17-11-23(2)6-5-19(17)24/h3-4,7-9,12-13H,5-6,10-11H2,1-2H3/t13-/m0/s1. The van der Waals surface area contributed by atoms with Gasteiger partial charge in [-0.15, -0.1) is 0 Å². The molecule has 4 nitrogen and oxygen atoms in total. The fourth-order valence-corrected chi connectivity index (χ4v) is 3.88. The SMILES string of the molecule is C[C@@H](Cn1c2c(c3cc(Cl)ccc31)CN(C)CC2)c1cncnc1. The van der Waals surface area contributed by atoms with Gasteiger partial charge in [0.05, 0.1) is 0 Å². The van der Waals surface area contributed by atoms with Crippen molar-refractivity contribution in [2.24, 2.45) is 0 Å². The molecule has 0 fully saturated rings. The summed E-state index contributed by atoms with van der Waals surface area (Å²) in [4.78, 5) is 10.7. The highest BCUT2D eigenvalue weighted by molar-refractivity contribution is 6.31. The van der Waals surface area contributed by atoms with Crippen LogP contribution < -0.4 is 0 Å². The number of hydrogen-bond acceptors (Lipinski definition) is 3. The third kappa shape index (κ3) is 2.70. The molecule has 124 valence electrons. The number of aromatic nitrogens is 3. The van der Waals surface area contributed by atoms with E-state index in [4.69, 9.17) is 11.6 Å². The Balaban J connectivity index is 1.80. The minimum Gasteiger partial charge on any atom is -0.344 e. The molecule has 0 bridgehead atoms. The van der Waals surface area contributed by atoms with E-state index in [9.17, 15) is 0 Å². The Morgan fingerprint density at radius 2 is 2.04 bits per heavy atom. The number of hydrogen-bond donors (Lipinski definition) is 0. The predicted octanol–water partition coefficient (Wildman–Crippen LogP) is 3.88. The number of fused-ring (bicyclic) bond motifs is 3. The highest BCUT2D eigenvalue weighted by Crippen LogP contribution is 2.33. The second kappa shape index (κ2) is 6.19. The molecule has 1 aromatic carbocycles. The lowest BCUT2D eigenvalue weighted by Crippen LogP contribution is -2.27. The number of halogens is 1. The van der Waals surface area contributed by atoms with Gasteiger partial charge in [-0.1, -0.05) is 18.5 Å². The molecule has 4 rings (SSSR count). The maximum Gasteiger partial charge on any atom is 0.115 e. The highest BCUT2D eigenvalue weighted by atomic mass is 35.5. The van der Waals surface area contributed by atoms with Crippen LogP contribution in [-0.2, 0) is 19.5 Å². The molecule has 0 N–H and O–H groups in total. The zero-order chi connectivity index (χ0) is 16.7. The third-order valence-electron chi connectivity index (χ3n) is 5.01. The fraction of sp³-hybridized carbons (Fsp3) is 0.368. The number of benzene rings is 1. The highest BCUT2D eigenvalue weighted by Gasteiger charge is 2.23. The van der Waals surface area contributed by atoms with Crippen molar-refractivity contribution in [3.05, 3.63) is 58.8 Å². The molecule has 2 aromatic heterocycles. The first-order valence-electron chi connectivity index (χ1n) is 8.36. The molecule has 0 saturated carbocycles. The molecule has 1 aliphatic heterocycles. The first kappa shape index (κ1) is 15.6. The quantitative estimate of drug-likeness (QED) is 0.725. The van der Waals surface area contributed by atoms with Gasteiger partial charge in [0.2, 0.25) is 0 Å². The Hall–Kier alpha value is -1.91. The second-order valence-corrected chi connectivity index (χ2v) is 7.19. The molecular weight excluding hydrogens is 320 g/mol. The Bertz CT molecular complexity index is 872. The van der Waals surface area contributed by atoms with Crippen LogP contribution in [0.4, 0.5) is 0 Å². The average molecular weight is 341 g/mol. The van der Waals surface area contributed by atoms with E-state index in [0.717, 1.165) is 31.1 Å². The van der Waals surface area contributed by atoms with Crippen molar-refractivity contribution in [2.75, 3.05) is 13.6 Å². The molecule has 0 aliphatic carbocycles. The van der Waals surface area contributed by atoms with Crippen molar-refractivity contribution >= 4 is 22.5 Å². The van der Waals surface area contributed by atoms with Gasteiger partial charge in [-0.25, -0.2) is 9.97 Å². The van der Waals surface area contributed by atoms with Crippen LogP contribution in [0, 0.1) is 0 Å². The van der Waals surface area contributed by atoms with E-state index in [-0.39, 0.29) is 0 Å². The van der Waals surface area contributed by atoms with E-state index >= 15 is 0 Å². The van der Waals surface area contributed by atoms with E-state index in [0.29, 0.717) is 5.92 Å². The van der Waals surface area contributed by atoms with Crippen LogP contribution in [0.25, 0.3) is 10.9 Å². The molecule has 3 heterocycles. The van der Waals surface area contributed by atoms with Gasteiger partial charge in [-0.2, -0.15) is 0 Å². The van der Waals surface area contributed by atoms with Crippen molar-refractivity contribution in [3.63, 3.8) is 0 Å². The van der Waals surface area contributed by atoms with E-state index in [1.54, 1.807) is 6.33 Å². The van der Waals surface area contributed by atoms with E-state index in [2.05, 4.69) is 45.5 Å². The topological polar surface area (TPSA) is 34.0 Å². The summed E-state index contributed by atoms with van der Waals surface area (Å²) in [7, 11) is 2.18. The zero-order valence-electron chi connectivity index (χ0n) is 14.0. The van der Waals surface area contributed by atoms with E-state index < -0.39 is 0 Å². The molecule has 1 aliphatic rings. The van der Waals surface area contributed by atoms with Crippen LogP contribution in [-0.4, -0.2) is 33.0 Å². The van der Waals surface area contributed by atoms with Crippen molar-refractivity contribution in [2.45, 2.75) is 32.4 Å². The maximum atomic E-state index is 6.27. The van der Waals surface area contributed by atoms with Gasteiger partial charge in [-0.05, 0) is 36.4 Å². The first-order chi connectivity index (χ1) is 11.6. The molecule has 0 radical (unpaired) electrons. The average Bonchev–Trinajstić information content (AvgIpc) is 2.88.